The first-order valence-electron chi connectivity index (χ1n) is 7.03. The molecule has 4 nitrogen and oxygen atoms in total. The van der Waals surface area contributed by atoms with Crippen molar-refractivity contribution in [1.29, 1.82) is 0 Å². The number of hydrogen-bond donors (Lipinski definition) is 1. The zero-order valence-corrected chi connectivity index (χ0v) is 11.1. The van der Waals surface area contributed by atoms with Crippen LogP contribution in [0.5, 0.6) is 0 Å². The van der Waals surface area contributed by atoms with E-state index in [0.717, 1.165) is 37.9 Å². The Kier molecular flexibility index (Phi) is 4.39. The second kappa shape index (κ2) is 6.03. The molecule has 0 aliphatic heterocycles. The highest BCUT2D eigenvalue weighted by atomic mass is 16.4. The van der Waals surface area contributed by atoms with Crippen molar-refractivity contribution in [3.63, 3.8) is 0 Å². The van der Waals surface area contributed by atoms with Gasteiger partial charge in [-0.1, -0.05) is 32.6 Å². The molecule has 0 unspecified atom stereocenters. The molecule has 1 aliphatic rings. The first-order chi connectivity index (χ1) is 8.72. The Labute approximate surface area is 108 Å². The van der Waals surface area contributed by atoms with Gasteiger partial charge in [-0.3, -0.25) is 4.68 Å². The third kappa shape index (κ3) is 2.92. The lowest BCUT2D eigenvalue weighted by atomic mass is 9.85. The maximum Gasteiger partial charge on any atom is 0.339 e. The van der Waals surface area contributed by atoms with Crippen LogP contribution in [-0.2, 0) is 6.54 Å². The molecule has 0 aromatic carbocycles. The summed E-state index contributed by atoms with van der Waals surface area (Å²) in [5, 5.41) is 13.8. The highest BCUT2D eigenvalue weighted by Crippen LogP contribution is 2.33. The van der Waals surface area contributed by atoms with E-state index in [-0.39, 0.29) is 0 Å². The van der Waals surface area contributed by atoms with Crippen molar-refractivity contribution in [2.24, 2.45) is 0 Å². The lowest BCUT2D eigenvalue weighted by Crippen LogP contribution is -2.10. The summed E-state index contributed by atoms with van der Waals surface area (Å²) in [4.78, 5) is 11.3. The van der Waals surface area contributed by atoms with Crippen molar-refractivity contribution in [2.75, 3.05) is 0 Å². The molecule has 4 heteroatoms. The van der Waals surface area contributed by atoms with E-state index in [9.17, 15) is 9.90 Å². The minimum Gasteiger partial charge on any atom is -0.478 e. The van der Waals surface area contributed by atoms with Crippen LogP contribution in [0.3, 0.4) is 0 Å². The van der Waals surface area contributed by atoms with Gasteiger partial charge in [0.25, 0.3) is 0 Å². The van der Waals surface area contributed by atoms with Crippen molar-refractivity contribution >= 4 is 5.97 Å². The molecule has 1 saturated carbocycles. The summed E-state index contributed by atoms with van der Waals surface area (Å²) in [7, 11) is 0. The third-order valence-electron chi connectivity index (χ3n) is 3.75. The number of rotatable bonds is 5. The fourth-order valence-corrected chi connectivity index (χ4v) is 2.71. The van der Waals surface area contributed by atoms with E-state index in [1.807, 2.05) is 4.68 Å². The standard InChI is InChI=1S/C14H22N2O2/c1-2-3-9-16-10-12(14(17)18)13(15-16)11-7-5-4-6-8-11/h10-11H,2-9H2,1H3,(H,17,18). The lowest BCUT2D eigenvalue weighted by molar-refractivity contribution is 0.0694. The fourth-order valence-electron chi connectivity index (χ4n) is 2.71. The van der Waals surface area contributed by atoms with E-state index in [2.05, 4.69) is 12.0 Å². The maximum atomic E-state index is 11.3. The van der Waals surface area contributed by atoms with Gasteiger partial charge in [0.1, 0.15) is 5.56 Å². The van der Waals surface area contributed by atoms with Gasteiger partial charge in [-0.05, 0) is 19.3 Å². The molecule has 100 valence electrons. The van der Waals surface area contributed by atoms with E-state index >= 15 is 0 Å². The predicted octanol–water partition coefficient (Wildman–Crippen LogP) is 3.43. The summed E-state index contributed by atoms with van der Waals surface area (Å²) in [6.07, 6.45) is 9.70. The second-order valence-electron chi connectivity index (χ2n) is 5.18. The van der Waals surface area contributed by atoms with Crippen molar-refractivity contribution in [1.82, 2.24) is 9.78 Å². The molecule has 0 bridgehead atoms. The summed E-state index contributed by atoms with van der Waals surface area (Å²) in [5.41, 5.74) is 1.23. The number of carbonyl (C=O) groups is 1. The van der Waals surface area contributed by atoms with Crippen LogP contribution in [-0.4, -0.2) is 20.9 Å². The Morgan fingerprint density at radius 2 is 2.17 bits per heavy atom. The Balaban J connectivity index is 2.20. The van der Waals surface area contributed by atoms with Crippen molar-refractivity contribution in [3.8, 4) is 0 Å². The lowest BCUT2D eigenvalue weighted by Gasteiger charge is -2.20. The van der Waals surface area contributed by atoms with Crippen LogP contribution in [0.4, 0.5) is 0 Å². The zero-order valence-electron chi connectivity index (χ0n) is 11.1. The van der Waals surface area contributed by atoms with Crippen molar-refractivity contribution in [2.45, 2.75) is 64.3 Å². The number of unbranched alkanes of at least 4 members (excludes halogenated alkanes) is 1. The van der Waals surface area contributed by atoms with Crippen LogP contribution in [0, 0.1) is 0 Å². The van der Waals surface area contributed by atoms with Crippen LogP contribution in [0.25, 0.3) is 0 Å². The van der Waals surface area contributed by atoms with Crippen LogP contribution < -0.4 is 0 Å². The number of carboxylic acid groups (broad SMARTS) is 1. The number of carboxylic acids is 1. The Morgan fingerprint density at radius 1 is 1.44 bits per heavy atom. The Morgan fingerprint density at radius 3 is 2.78 bits per heavy atom. The molecule has 0 amide bonds. The smallest absolute Gasteiger partial charge is 0.339 e. The molecular formula is C14H22N2O2. The van der Waals surface area contributed by atoms with Crippen LogP contribution in [0.1, 0.15) is 73.8 Å². The van der Waals surface area contributed by atoms with E-state index in [0.29, 0.717) is 11.5 Å². The van der Waals surface area contributed by atoms with Gasteiger partial charge in [-0.15, -0.1) is 0 Å². The topological polar surface area (TPSA) is 55.1 Å². The van der Waals surface area contributed by atoms with Crippen LogP contribution >= 0.6 is 0 Å². The quantitative estimate of drug-likeness (QED) is 0.871. The number of aromatic nitrogens is 2. The van der Waals surface area contributed by atoms with Crippen LogP contribution in [0.2, 0.25) is 0 Å². The van der Waals surface area contributed by atoms with E-state index in [1.165, 1.54) is 19.3 Å². The Hall–Kier alpha value is -1.32. The minimum absolute atomic E-state index is 0.354. The molecular weight excluding hydrogens is 228 g/mol. The molecule has 18 heavy (non-hydrogen) atoms. The van der Waals surface area contributed by atoms with Gasteiger partial charge in [0.05, 0.1) is 5.69 Å². The molecule has 1 heterocycles. The molecule has 0 spiro atoms. The predicted molar refractivity (Wildman–Crippen MR) is 69.9 cm³/mol. The first kappa shape index (κ1) is 13.1. The van der Waals surface area contributed by atoms with Gasteiger partial charge in [0.2, 0.25) is 0 Å². The molecule has 0 radical (unpaired) electrons. The van der Waals surface area contributed by atoms with Gasteiger partial charge in [-0.25, -0.2) is 4.79 Å². The molecule has 1 N–H and O–H groups in total. The van der Waals surface area contributed by atoms with Gasteiger partial charge in [-0.2, -0.15) is 5.10 Å². The summed E-state index contributed by atoms with van der Waals surface area (Å²) < 4.78 is 1.82. The fraction of sp³-hybridized carbons (Fsp3) is 0.714. The molecule has 1 aromatic rings. The first-order valence-corrected chi connectivity index (χ1v) is 7.03. The van der Waals surface area contributed by atoms with Gasteiger partial charge >= 0.3 is 5.97 Å². The summed E-state index contributed by atoms with van der Waals surface area (Å²) in [6, 6.07) is 0. The third-order valence-corrected chi connectivity index (χ3v) is 3.75. The average molecular weight is 250 g/mol. The maximum absolute atomic E-state index is 11.3. The van der Waals surface area contributed by atoms with Gasteiger partial charge in [0.15, 0.2) is 0 Å². The molecule has 0 saturated heterocycles. The highest BCUT2D eigenvalue weighted by molar-refractivity contribution is 5.88. The van der Waals surface area contributed by atoms with Crippen molar-refractivity contribution < 1.29 is 9.90 Å². The molecule has 1 fully saturated rings. The highest BCUT2D eigenvalue weighted by Gasteiger charge is 2.24. The van der Waals surface area contributed by atoms with Crippen molar-refractivity contribution in [3.05, 3.63) is 17.5 Å². The van der Waals surface area contributed by atoms with Gasteiger partial charge in [0, 0.05) is 18.7 Å². The Bertz CT molecular complexity index is 406. The zero-order chi connectivity index (χ0) is 13.0. The van der Waals surface area contributed by atoms with E-state index in [4.69, 9.17) is 0 Å². The SMILES string of the molecule is CCCCn1cc(C(=O)O)c(C2CCCCC2)n1. The summed E-state index contributed by atoms with van der Waals surface area (Å²) in [6.45, 7) is 2.95. The summed E-state index contributed by atoms with van der Waals surface area (Å²) in [5.74, 6) is -0.481. The summed E-state index contributed by atoms with van der Waals surface area (Å²) >= 11 is 0. The molecule has 1 aliphatic carbocycles. The second-order valence-corrected chi connectivity index (χ2v) is 5.18. The largest absolute Gasteiger partial charge is 0.478 e. The van der Waals surface area contributed by atoms with Crippen LogP contribution in [0.15, 0.2) is 6.20 Å². The molecule has 2 rings (SSSR count). The van der Waals surface area contributed by atoms with Gasteiger partial charge < -0.3 is 5.11 Å². The number of nitrogens with zero attached hydrogens (tertiary/aromatic N) is 2. The van der Waals surface area contributed by atoms with E-state index in [1.54, 1.807) is 6.20 Å². The van der Waals surface area contributed by atoms with E-state index < -0.39 is 5.97 Å². The average Bonchev–Trinajstić information content (AvgIpc) is 2.82. The molecule has 0 atom stereocenters. The number of hydrogen-bond acceptors (Lipinski definition) is 2. The number of aromatic carboxylic acids is 1. The monoisotopic (exact) mass is 250 g/mol. The minimum atomic E-state index is -0.835. The number of aryl methyl sites for hydroxylation is 1. The molecule has 1 aromatic heterocycles. The normalized spacial score (nSPS) is 16.9.